The zero-order chi connectivity index (χ0) is 14.8. The molecule has 1 aromatic carbocycles. The SMILES string of the molecule is COc1ccc(OC)c(/C=C2\N=C(C3CCC3)OC2=O)c1. The highest BCUT2D eigenvalue weighted by Crippen LogP contribution is 2.33. The Balaban J connectivity index is 1.93. The van der Waals surface area contributed by atoms with Gasteiger partial charge in [-0.3, -0.25) is 0 Å². The van der Waals surface area contributed by atoms with Crippen LogP contribution in [-0.2, 0) is 9.53 Å². The van der Waals surface area contributed by atoms with Crippen molar-refractivity contribution < 1.29 is 19.0 Å². The van der Waals surface area contributed by atoms with Crippen LogP contribution in [0.15, 0.2) is 28.9 Å². The average molecular weight is 287 g/mol. The van der Waals surface area contributed by atoms with E-state index in [-0.39, 0.29) is 0 Å². The van der Waals surface area contributed by atoms with Gasteiger partial charge in [-0.1, -0.05) is 6.42 Å². The van der Waals surface area contributed by atoms with Gasteiger partial charge < -0.3 is 14.2 Å². The molecule has 21 heavy (non-hydrogen) atoms. The van der Waals surface area contributed by atoms with E-state index in [2.05, 4.69) is 4.99 Å². The molecule has 1 heterocycles. The van der Waals surface area contributed by atoms with Crippen molar-refractivity contribution in [1.29, 1.82) is 0 Å². The van der Waals surface area contributed by atoms with Gasteiger partial charge in [0.05, 0.1) is 14.2 Å². The van der Waals surface area contributed by atoms with Gasteiger partial charge >= 0.3 is 5.97 Å². The summed E-state index contributed by atoms with van der Waals surface area (Å²) in [4.78, 5) is 16.2. The van der Waals surface area contributed by atoms with Crippen LogP contribution in [0.2, 0.25) is 0 Å². The van der Waals surface area contributed by atoms with Crippen molar-refractivity contribution in [2.24, 2.45) is 10.9 Å². The summed E-state index contributed by atoms with van der Waals surface area (Å²) >= 11 is 0. The lowest BCUT2D eigenvalue weighted by Gasteiger charge is -2.23. The summed E-state index contributed by atoms with van der Waals surface area (Å²) in [5, 5.41) is 0. The Hall–Kier alpha value is -2.30. The molecule has 1 fully saturated rings. The van der Waals surface area contributed by atoms with Crippen LogP contribution in [0.25, 0.3) is 6.08 Å². The molecule has 3 rings (SSSR count). The minimum atomic E-state index is -0.401. The summed E-state index contributed by atoms with van der Waals surface area (Å²) in [7, 11) is 3.18. The lowest BCUT2D eigenvalue weighted by Crippen LogP contribution is -2.22. The van der Waals surface area contributed by atoms with E-state index in [1.807, 2.05) is 0 Å². The number of esters is 1. The zero-order valence-corrected chi connectivity index (χ0v) is 12.1. The molecule has 5 heteroatoms. The van der Waals surface area contributed by atoms with Crippen LogP contribution in [0.5, 0.6) is 11.5 Å². The molecule has 110 valence electrons. The topological polar surface area (TPSA) is 57.1 Å². The average Bonchev–Trinajstić information content (AvgIpc) is 2.77. The number of ether oxygens (including phenoxy) is 3. The Morgan fingerprint density at radius 3 is 2.71 bits per heavy atom. The van der Waals surface area contributed by atoms with E-state index in [1.165, 1.54) is 6.42 Å². The number of aliphatic imine (C=N–C) groups is 1. The molecule has 0 bridgehead atoms. The second kappa shape index (κ2) is 5.60. The van der Waals surface area contributed by atoms with Crippen molar-refractivity contribution in [3.05, 3.63) is 29.5 Å². The van der Waals surface area contributed by atoms with Crippen LogP contribution in [0, 0.1) is 5.92 Å². The largest absolute Gasteiger partial charge is 0.497 e. The predicted molar refractivity (Wildman–Crippen MR) is 78.4 cm³/mol. The lowest BCUT2D eigenvalue weighted by molar-refractivity contribution is -0.130. The number of benzene rings is 1. The molecule has 0 saturated heterocycles. The number of nitrogens with zero attached hydrogens (tertiary/aromatic N) is 1. The third kappa shape index (κ3) is 2.63. The normalized spacial score (nSPS) is 20.0. The van der Waals surface area contributed by atoms with Gasteiger partial charge in [-0.05, 0) is 37.1 Å². The molecule has 1 aliphatic carbocycles. The van der Waals surface area contributed by atoms with E-state index < -0.39 is 5.97 Å². The van der Waals surface area contributed by atoms with Gasteiger partial charge in [0.1, 0.15) is 11.5 Å². The first-order valence-corrected chi connectivity index (χ1v) is 6.95. The smallest absolute Gasteiger partial charge is 0.363 e. The van der Waals surface area contributed by atoms with Gasteiger partial charge in [0.15, 0.2) is 5.70 Å². The third-order valence-corrected chi connectivity index (χ3v) is 3.82. The van der Waals surface area contributed by atoms with Crippen molar-refractivity contribution in [2.45, 2.75) is 19.3 Å². The van der Waals surface area contributed by atoms with Crippen LogP contribution in [-0.4, -0.2) is 26.1 Å². The zero-order valence-electron chi connectivity index (χ0n) is 12.1. The van der Waals surface area contributed by atoms with Crippen molar-refractivity contribution in [2.75, 3.05) is 14.2 Å². The van der Waals surface area contributed by atoms with Crippen LogP contribution >= 0.6 is 0 Å². The fraction of sp³-hybridized carbons (Fsp3) is 0.375. The van der Waals surface area contributed by atoms with Crippen LogP contribution in [0.1, 0.15) is 24.8 Å². The second-order valence-electron chi connectivity index (χ2n) is 5.10. The van der Waals surface area contributed by atoms with Crippen molar-refractivity contribution in [3.63, 3.8) is 0 Å². The maximum absolute atomic E-state index is 11.9. The van der Waals surface area contributed by atoms with Crippen molar-refractivity contribution in [1.82, 2.24) is 0 Å². The molecule has 0 N–H and O–H groups in total. The maximum Gasteiger partial charge on any atom is 0.363 e. The van der Waals surface area contributed by atoms with Crippen LogP contribution in [0.4, 0.5) is 0 Å². The number of cyclic esters (lactones) is 1. The van der Waals surface area contributed by atoms with Crippen LogP contribution < -0.4 is 9.47 Å². The second-order valence-corrected chi connectivity index (χ2v) is 5.10. The van der Waals surface area contributed by atoms with Gasteiger partial charge in [0, 0.05) is 11.5 Å². The van der Waals surface area contributed by atoms with E-state index >= 15 is 0 Å². The van der Waals surface area contributed by atoms with E-state index in [0.29, 0.717) is 29.0 Å². The minimum Gasteiger partial charge on any atom is -0.497 e. The van der Waals surface area contributed by atoms with E-state index in [1.54, 1.807) is 38.5 Å². The Kier molecular flexibility index (Phi) is 3.64. The van der Waals surface area contributed by atoms with Crippen LogP contribution in [0.3, 0.4) is 0 Å². The number of methoxy groups -OCH3 is 2. The molecular weight excluding hydrogens is 270 g/mol. The Morgan fingerprint density at radius 1 is 1.29 bits per heavy atom. The summed E-state index contributed by atoms with van der Waals surface area (Å²) in [6, 6.07) is 5.40. The number of carbonyl (C=O) groups is 1. The van der Waals surface area contributed by atoms with E-state index in [9.17, 15) is 4.79 Å². The number of rotatable bonds is 4. The van der Waals surface area contributed by atoms with E-state index in [0.717, 1.165) is 18.4 Å². The molecule has 1 aliphatic heterocycles. The highest BCUT2D eigenvalue weighted by atomic mass is 16.6. The van der Waals surface area contributed by atoms with Gasteiger partial charge in [-0.2, -0.15) is 0 Å². The highest BCUT2D eigenvalue weighted by Gasteiger charge is 2.32. The van der Waals surface area contributed by atoms with E-state index in [4.69, 9.17) is 14.2 Å². The molecule has 0 unspecified atom stereocenters. The summed E-state index contributed by atoms with van der Waals surface area (Å²) in [5.41, 5.74) is 1.05. The maximum atomic E-state index is 11.9. The molecule has 1 aromatic rings. The lowest BCUT2D eigenvalue weighted by atomic mass is 9.85. The standard InChI is InChI=1S/C16H17NO4/c1-19-12-6-7-14(20-2)11(8-12)9-13-16(18)21-15(17-13)10-4-3-5-10/h6-10H,3-5H2,1-2H3/b13-9-. The van der Waals surface area contributed by atoms with Gasteiger partial charge in [0.2, 0.25) is 5.90 Å². The Bertz CT molecular complexity index is 629. The van der Waals surface area contributed by atoms with Gasteiger partial charge in [-0.15, -0.1) is 0 Å². The number of hydrogen-bond acceptors (Lipinski definition) is 5. The van der Waals surface area contributed by atoms with Crippen molar-refractivity contribution >= 4 is 17.9 Å². The molecule has 0 amide bonds. The predicted octanol–water partition coefficient (Wildman–Crippen LogP) is 2.80. The fourth-order valence-corrected chi connectivity index (χ4v) is 2.35. The minimum absolute atomic E-state index is 0.298. The quantitative estimate of drug-likeness (QED) is 0.631. The first-order valence-electron chi connectivity index (χ1n) is 6.95. The number of carbonyl (C=O) groups excluding carboxylic acids is 1. The molecule has 1 saturated carbocycles. The monoisotopic (exact) mass is 287 g/mol. The summed E-state index contributed by atoms with van der Waals surface area (Å²) in [6.45, 7) is 0. The molecule has 0 spiro atoms. The Morgan fingerprint density at radius 2 is 2.10 bits per heavy atom. The molecule has 2 aliphatic rings. The highest BCUT2D eigenvalue weighted by molar-refractivity contribution is 6.08. The Labute approximate surface area is 123 Å². The first kappa shape index (κ1) is 13.7. The molecular formula is C16H17NO4. The fourth-order valence-electron chi connectivity index (χ4n) is 2.35. The van der Waals surface area contributed by atoms with Gasteiger partial charge in [0.25, 0.3) is 0 Å². The number of hydrogen-bond donors (Lipinski definition) is 0. The van der Waals surface area contributed by atoms with Gasteiger partial charge in [-0.25, -0.2) is 9.79 Å². The molecule has 5 nitrogen and oxygen atoms in total. The molecule has 0 atom stereocenters. The summed E-state index contributed by atoms with van der Waals surface area (Å²) < 4.78 is 15.7. The molecule has 0 aromatic heterocycles. The third-order valence-electron chi connectivity index (χ3n) is 3.82. The van der Waals surface area contributed by atoms with Crippen molar-refractivity contribution in [3.8, 4) is 11.5 Å². The summed E-state index contributed by atoms with van der Waals surface area (Å²) in [5.74, 6) is 1.80. The molecule has 0 radical (unpaired) electrons. The first-order chi connectivity index (χ1) is 10.2. The summed E-state index contributed by atoms with van der Waals surface area (Å²) in [6.07, 6.45) is 4.93.